The highest BCUT2D eigenvalue weighted by Crippen LogP contribution is 2.30. The molecule has 1 N–H and O–H groups in total. The quantitative estimate of drug-likeness (QED) is 0.227. The average molecular weight is 549 g/mol. The van der Waals surface area contributed by atoms with E-state index in [-0.39, 0.29) is 22.8 Å². The molecule has 0 aliphatic rings. The van der Waals surface area contributed by atoms with E-state index in [0.717, 1.165) is 4.47 Å². The fraction of sp³-hybridized carbons (Fsp3) is 0.0870. The molecule has 180 valence electrons. The number of halogens is 1. The first-order valence-electron chi connectivity index (χ1n) is 10.7. The Hall–Kier alpha value is -4.65. The predicted molar refractivity (Wildman–Crippen MR) is 133 cm³/mol. The number of hydrogen-bond acceptors (Lipinski definition) is 8. The minimum Gasteiger partial charge on any atom is -0.455 e. The maximum absolute atomic E-state index is 13.0. The summed E-state index contributed by atoms with van der Waals surface area (Å²) in [6, 6.07) is 10.6. The minimum atomic E-state index is -0.572. The molecule has 0 aliphatic carbocycles. The van der Waals surface area contributed by atoms with Gasteiger partial charge in [-0.3, -0.25) is 24.6 Å². The Morgan fingerprint density at radius 3 is 2.75 bits per heavy atom. The lowest BCUT2D eigenvalue weighted by atomic mass is 10.2. The van der Waals surface area contributed by atoms with Crippen LogP contribution in [0.5, 0.6) is 11.5 Å². The van der Waals surface area contributed by atoms with Gasteiger partial charge in [-0.15, -0.1) is 0 Å². The number of aryl methyl sites for hydroxylation is 1. The van der Waals surface area contributed by atoms with Crippen LogP contribution in [0.1, 0.15) is 17.4 Å². The van der Waals surface area contributed by atoms with Crippen LogP contribution in [0.15, 0.2) is 71.7 Å². The molecule has 0 fully saturated rings. The highest BCUT2D eigenvalue weighted by Gasteiger charge is 2.19. The van der Waals surface area contributed by atoms with Gasteiger partial charge in [0.05, 0.1) is 33.0 Å². The van der Waals surface area contributed by atoms with Gasteiger partial charge in [-0.1, -0.05) is 0 Å². The number of non-ortho nitro benzene ring substituents is 1. The van der Waals surface area contributed by atoms with Crippen molar-refractivity contribution in [3.8, 4) is 22.9 Å². The highest BCUT2D eigenvalue weighted by atomic mass is 79.9. The number of ether oxygens (including phenoxy) is 1. The van der Waals surface area contributed by atoms with Crippen LogP contribution < -0.4 is 10.1 Å². The van der Waals surface area contributed by atoms with Crippen LogP contribution in [0.25, 0.3) is 17.0 Å². The molecule has 0 radical (unpaired) electrons. The molecule has 0 spiro atoms. The van der Waals surface area contributed by atoms with E-state index < -0.39 is 10.8 Å². The van der Waals surface area contributed by atoms with E-state index in [2.05, 4.69) is 41.4 Å². The first-order chi connectivity index (χ1) is 17.4. The van der Waals surface area contributed by atoms with Crippen molar-refractivity contribution in [2.75, 3.05) is 5.32 Å². The van der Waals surface area contributed by atoms with E-state index in [0.29, 0.717) is 29.3 Å². The first kappa shape index (κ1) is 23.1. The van der Waals surface area contributed by atoms with E-state index in [9.17, 15) is 14.9 Å². The molecule has 0 bridgehead atoms. The second kappa shape index (κ2) is 9.54. The van der Waals surface area contributed by atoms with Gasteiger partial charge in [0.25, 0.3) is 11.6 Å². The van der Waals surface area contributed by atoms with E-state index >= 15 is 0 Å². The average Bonchev–Trinajstić information content (AvgIpc) is 3.48. The lowest BCUT2D eigenvalue weighted by Gasteiger charge is -2.08. The zero-order valence-corrected chi connectivity index (χ0v) is 20.3. The van der Waals surface area contributed by atoms with Crippen LogP contribution in [0.3, 0.4) is 0 Å². The van der Waals surface area contributed by atoms with Crippen LogP contribution in [0, 0.1) is 10.1 Å². The number of hydrogen-bond donors (Lipinski definition) is 1. The maximum Gasteiger partial charge on any atom is 0.276 e. The fourth-order valence-electron chi connectivity index (χ4n) is 3.48. The van der Waals surface area contributed by atoms with E-state index in [1.54, 1.807) is 35.3 Å². The van der Waals surface area contributed by atoms with Crippen molar-refractivity contribution in [3.63, 3.8) is 0 Å². The second-order valence-corrected chi connectivity index (χ2v) is 8.38. The van der Waals surface area contributed by atoms with Crippen molar-refractivity contribution in [2.24, 2.45) is 0 Å². The second-order valence-electron chi connectivity index (χ2n) is 7.53. The number of carbonyl (C=O) groups excluding carboxylic acids is 1. The predicted octanol–water partition coefficient (Wildman–Crippen LogP) is 4.72. The molecule has 0 saturated heterocycles. The molecule has 1 amide bonds. The minimum absolute atomic E-state index is 0.0715. The summed E-state index contributed by atoms with van der Waals surface area (Å²) in [5.41, 5.74) is 1.72. The number of aromatic nitrogens is 6. The van der Waals surface area contributed by atoms with Gasteiger partial charge < -0.3 is 10.1 Å². The number of benzene rings is 1. The standard InChI is InChI=1S/C23H17BrN8O4/c1-2-30-13-18(24)22(29-30)20-5-7-26-21-11-19(28-31(20)21)23(33)27-14-8-15(32(34)35)10-17(9-14)36-16-4-3-6-25-12-16/h3-13H,2H2,1H3,(H,27,33). The number of nitro groups is 1. The molecule has 0 aliphatic heterocycles. The summed E-state index contributed by atoms with van der Waals surface area (Å²) in [5, 5.41) is 23.0. The van der Waals surface area contributed by atoms with Gasteiger partial charge in [-0.2, -0.15) is 10.2 Å². The number of fused-ring (bicyclic) bond motifs is 1. The van der Waals surface area contributed by atoms with Gasteiger partial charge in [0.1, 0.15) is 17.2 Å². The molecule has 0 saturated carbocycles. The third-order valence-corrected chi connectivity index (χ3v) is 5.68. The Labute approximate surface area is 211 Å². The molecular formula is C23H17BrN8O4. The van der Waals surface area contributed by atoms with E-state index in [1.165, 1.54) is 35.0 Å². The smallest absolute Gasteiger partial charge is 0.276 e. The SMILES string of the molecule is CCn1cc(Br)c(-c2ccnc3cc(C(=O)Nc4cc(Oc5cccnc5)cc([N+](=O)[O-])c4)nn23)n1. The molecule has 36 heavy (non-hydrogen) atoms. The summed E-state index contributed by atoms with van der Waals surface area (Å²) < 4.78 is 9.74. The lowest BCUT2D eigenvalue weighted by Crippen LogP contribution is -2.13. The summed E-state index contributed by atoms with van der Waals surface area (Å²) in [5.74, 6) is -0.00820. The maximum atomic E-state index is 13.0. The molecule has 4 heterocycles. The Balaban J connectivity index is 1.46. The number of nitrogens with one attached hydrogen (secondary N) is 1. The number of anilines is 1. The van der Waals surface area contributed by atoms with Gasteiger partial charge >= 0.3 is 0 Å². The van der Waals surface area contributed by atoms with Crippen molar-refractivity contribution in [1.29, 1.82) is 0 Å². The molecule has 0 atom stereocenters. The third-order valence-electron chi connectivity index (χ3n) is 5.10. The summed E-state index contributed by atoms with van der Waals surface area (Å²) in [4.78, 5) is 32.2. The number of pyridine rings is 1. The largest absolute Gasteiger partial charge is 0.455 e. The van der Waals surface area contributed by atoms with Crippen LogP contribution >= 0.6 is 15.9 Å². The van der Waals surface area contributed by atoms with Crippen molar-refractivity contribution < 1.29 is 14.5 Å². The van der Waals surface area contributed by atoms with Gasteiger partial charge in [-0.25, -0.2) is 9.50 Å². The van der Waals surface area contributed by atoms with E-state index in [4.69, 9.17) is 4.74 Å². The number of nitro benzene ring substituents is 1. The summed E-state index contributed by atoms with van der Waals surface area (Å²) in [7, 11) is 0. The van der Waals surface area contributed by atoms with Crippen molar-refractivity contribution in [1.82, 2.24) is 29.4 Å². The summed E-state index contributed by atoms with van der Waals surface area (Å²) in [6.45, 7) is 2.66. The molecule has 5 aromatic rings. The number of rotatable bonds is 7. The topological polar surface area (TPSA) is 142 Å². The lowest BCUT2D eigenvalue weighted by molar-refractivity contribution is -0.384. The molecular weight excluding hydrogens is 532 g/mol. The normalized spacial score (nSPS) is 10.9. The Bertz CT molecular complexity index is 1600. The van der Waals surface area contributed by atoms with Gasteiger partial charge in [0.15, 0.2) is 11.3 Å². The third kappa shape index (κ3) is 4.63. The van der Waals surface area contributed by atoms with Crippen LogP contribution in [-0.2, 0) is 6.54 Å². The molecule has 1 aromatic carbocycles. The van der Waals surface area contributed by atoms with Crippen molar-refractivity contribution >= 4 is 38.9 Å². The first-order valence-corrected chi connectivity index (χ1v) is 11.5. The Morgan fingerprint density at radius 1 is 1.17 bits per heavy atom. The monoisotopic (exact) mass is 548 g/mol. The van der Waals surface area contributed by atoms with Gasteiger partial charge in [0.2, 0.25) is 0 Å². The van der Waals surface area contributed by atoms with Crippen LogP contribution in [0.4, 0.5) is 11.4 Å². The zero-order valence-electron chi connectivity index (χ0n) is 18.7. The van der Waals surface area contributed by atoms with Crippen molar-refractivity contribution in [3.05, 3.63) is 87.5 Å². The summed E-state index contributed by atoms with van der Waals surface area (Å²) >= 11 is 3.51. The van der Waals surface area contributed by atoms with Crippen molar-refractivity contribution in [2.45, 2.75) is 13.5 Å². The van der Waals surface area contributed by atoms with Crippen LogP contribution in [0.2, 0.25) is 0 Å². The highest BCUT2D eigenvalue weighted by molar-refractivity contribution is 9.10. The number of carbonyl (C=O) groups is 1. The molecule has 13 heteroatoms. The van der Waals surface area contributed by atoms with Gasteiger partial charge in [-0.05, 0) is 41.1 Å². The van der Waals surface area contributed by atoms with Gasteiger partial charge in [0, 0.05) is 43.3 Å². The molecule has 5 rings (SSSR count). The summed E-state index contributed by atoms with van der Waals surface area (Å²) in [6.07, 6.45) is 6.51. The Morgan fingerprint density at radius 2 is 2.03 bits per heavy atom. The number of amides is 1. The molecule has 4 aromatic heterocycles. The molecule has 12 nitrogen and oxygen atoms in total. The van der Waals surface area contributed by atoms with E-state index in [1.807, 2.05) is 13.1 Å². The van der Waals surface area contributed by atoms with Crippen LogP contribution in [-0.4, -0.2) is 40.2 Å². The fourth-order valence-corrected chi connectivity index (χ4v) is 4.00. The zero-order chi connectivity index (χ0) is 25.2. The molecule has 0 unspecified atom stereocenters. The Kier molecular flexibility index (Phi) is 6.12. The number of nitrogens with zero attached hydrogens (tertiary/aromatic N) is 7.